The maximum absolute atomic E-state index is 12.7. The number of nitrogens with two attached hydrogens (primary N) is 1. The SMILES string of the molecule is CC1(C)CCCN1C(=O)c1sc(N2CCCC2)nc1N. The lowest BCUT2D eigenvalue weighted by Crippen LogP contribution is -2.42. The molecule has 20 heavy (non-hydrogen) atoms. The number of nitrogens with zero attached hydrogens (tertiary/aromatic N) is 3. The Balaban J connectivity index is 1.84. The summed E-state index contributed by atoms with van der Waals surface area (Å²) in [5.74, 6) is 0.442. The van der Waals surface area contributed by atoms with E-state index in [0.29, 0.717) is 10.7 Å². The van der Waals surface area contributed by atoms with Gasteiger partial charge in [0.15, 0.2) is 5.13 Å². The van der Waals surface area contributed by atoms with E-state index in [-0.39, 0.29) is 11.4 Å². The zero-order valence-corrected chi connectivity index (χ0v) is 13.0. The van der Waals surface area contributed by atoms with Gasteiger partial charge in [0.1, 0.15) is 10.7 Å². The lowest BCUT2D eigenvalue weighted by Gasteiger charge is -2.31. The molecular formula is C14H22N4OS. The molecule has 1 amide bonds. The van der Waals surface area contributed by atoms with Crippen molar-refractivity contribution in [3.8, 4) is 0 Å². The number of nitrogen functional groups attached to an aromatic ring is 1. The van der Waals surface area contributed by atoms with Crippen molar-refractivity contribution in [1.29, 1.82) is 0 Å². The van der Waals surface area contributed by atoms with Gasteiger partial charge >= 0.3 is 0 Å². The van der Waals surface area contributed by atoms with Crippen LogP contribution in [0.4, 0.5) is 10.9 Å². The van der Waals surface area contributed by atoms with E-state index in [1.165, 1.54) is 24.2 Å². The Hall–Kier alpha value is -1.30. The van der Waals surface area contributed by atoms with E-state index in [1.54, 1.807) is 0 Å². The molecule has 3 rings (SSSR count). The number of thiazole rings is 1. The van der Waals surface area contributed by atoms with E-state index in [2.05, 4.69) is 23.7 Å². The minimum absolute atomic E-state index is 0.0490. The lowest BCUT2D eigenvalue weighted by atomic mass is 10.0. The van der Waals surface area contributed by atoms with E-state index in [0.717, 1.165) is 37.6 Å². The number of carbonyl (C=O) groups excluding carboxylic acids is 1. The first-order chi connectivity index (χ1) is 9.49. The standard InChI is InChI=1S/C14H22N4OS/c1-14(2)6-5-9-18(14)12(19)10-11(15)16-13(20-10)17-7-3-4-8-17/h3-9,15H2,1-2H3. The van der Waals surface area contributed by atoms with Crippen molar-refractivity contribution >= 4 is 28.2 Å². The Kier molecular flexibility index (Phi) is 3.36. The number of aromatic nitrogens is 1. The van der Waals surface area contributed by atoms with Gasteiger partial charge in [0, 0.05) is 25.2 Å². The minimum Gasteiger partial charge on any atom is -0.382 e. The quantitative estimate of drug-likeness (QED) is 0.909. The number of amides is 1. The van der Waals surface area contributed by atoms with Gasteiger partial charge in [0.05, 0.1) is 0 Å². The summed E-state index contributed by atoms with van der Waals surface area (Å²) in [7, 11) is 0. The molecule has 0 spiro atoms. The molecule has 2 N–H and O–H groups in total. The Morgan fingerprint density at radius 3 is 2.55 bits per heavy atom. The molecule has 0 atom stereocenters. The highest BCUT2D eigenvalue weighted by Crippen LogP contribution is 2.35. The smallest absolute Gasteiger partial charge is 0.268 e. The molecule has 1 aromatic heterocycles. The third-order valence-corrected chi connectivity index (χ3v) is 5.48. The molecule has 1 aromatic rings. The minimum atomic E-state index is -0.0681. The highest BCUT2D eigenvalue weighted by molar-refractivity contribution is 7.18. The number of carbonyl (C=O) groups is 1. The van der Waals surface area contributed by atoms with Gasteiger partial charge < -0.3 is 15.5 Å². The fraction of sp³-hybridized carbons (Fsp3) is 0.714. The number of hydrogen-bond acceptors (Lipinski definition) is 5. The number of anilines is 2. The first kappa shape index (κ1) is 13.7. The molecule has 0 unspecified atom stereocenters. The van der Waals surface area contributed by atoms with Gasteiger partial charge in [0.2, 0.25) is 0 Å². The molecule has 2 fully saturated rings. The van der Waals surface area contributed by atoms with Crippen LogP contribution in [0.25, 0.3) is 0 Å². The second-order valence-electron chi connectivity index (χ2n) is 6.28. The second kappa shape index (κ2) is 4.91. The molecule has 110 valence electrons. The van der Waals surface area contributed by atoms with Crippen LogP contribution in [0.1, 0.15) is 49.2 Å². The average Bonchev–Trinajstić information content (AvgIpc) is 3.07. The molecule has 2 aliphatic rings. The third kappa shape index (κ3) is 2.26. The van der Waals surface area contributed by atoms with E-state index < -0.39 is 0 Å². The van der Waals surface area contributed by atoms with Crippen molar-refractivity contribution in [3.63, 3.8) is 0 Å². The first-order valence-corrected chi connectivity index (χ1v) is 8.14. The summed E-state index contributed by atoms with van der Waals surface area (Å²) in [5.41, 5.74) is 5.92. The van der Waals surface area contributed by atoms with Gasteiger partial charge in [-0.3, -0.25) is 4.79 Å². The molecule has 6 heteroatoms. The first-order valence-electron chi connectivity index (χ1n) is 7.32. The van der Waals surface area contributed by atoms with E-state index >= 15 is 0 Å². The van der Waals surface area contributed by atoms with Crippen LogP contribution in [0.15, 0.2) is 0 Å². The van der Waals surface area contributed by atoms with E-state index in [1.807, 2.05) is 4.90 Å². The van der Waals surface area contributed by atoms with Crippen LogP contribution in [0, 0.1) is 0 Å². The van der Waals surface area contributed by atoms with Gasteiger partial charge in [-0.15, -0.1) is 0 Å². The molecule has 2 aliphatic heterocycles. The zero-order chi connectivity index (χ0) is 14.3. The van der Waals surface area contributed by atoms with Crippen LogP contribution >= 0.6 is 11.3 Å². The van der Waals surface area contributed by atoms with Crippen molar-refractivity contribution in [2.45, 2.75) is 45.1 Å². The Bertz CT molecular complexity index is 519. The van der Waals surface area contributed by atoms with Gasteiger partial charge in [-0.05, 0) is 39.5 Å². The van der Waals surface area contributed by atoms with E-state index in [9.17, 15) is 4.79 Å². The van der Waals surface area contributed by atoms with Crippen LogP contribution in [-0.4, -0.2) is 41.0 Å². The molecule has 0 aliphatic carbocycles. The molecule has 2 saturated heterocycles. The number of likely N-dealkylation sites (tertiary alicyclic amines) is 1. The van der Waals surface area contributed by atoms with Crippen molar-refractivity contribution in [2.24, 2.45) is 0 Å². The van der Waals surface area contributed by atoms with Crippen LogP contribution in [0.5, 0.6) is 0 Å². The Morgan fingerprint density at radius 1 is 1.25 bits per heavy atom. The van der Waals surface area contributed by atoms with Gasteiger partial charge in [-0.2, -0.15) is 0 Å². The molecular weight excluding hydrogens is 272 g/mol. The maximum Gasteiger partial charge on any atom is 0.268 e. The second-order valence-corrected chi connectivity index (χ2v) is 7.26. The van der Waals surface area contributed by atoms with Crippen molar-refractivity contribution in [2.75, 3.05) is 30.3 Å². The average molecular weight is 294 g/mol. The predicted molar refractivity (Wildman–Crippen MR) is 82.3 cm³/mol. The van der Waals surface area contributed by atoms with E-state index in [4.69, 9.17) is 5.73 Å². The summed E-state index contributed by atoms with van der Waals surface area (Å²) in [6.45, 7) is 7.11. The molecule has 0 bridgehead atoms. The predicted octanol–water partition coefficient (Wildman–Crippen LogP) is 2.34. The highest BCUT2D eigenvalue weighted by atomic mass is 32.1. The van der Waals surface area contributed by atoms with Crippen molar-refractivity contribution < 1.29 is 4.79 Å². The Morgan fingerprint density at radius 2 is 1.95 bits per heavy atom. The largest absolute Gasteiger partial charge is 0.382 e. The lowest BCUT2D eigenvalue weighted by molar-refractivity contribution is 0.0658. The monoisotopic (exact) mass is 294 g/mol. The summed E-state index contributed by atoms with van der Waals surface area (Å²) in [6, 6.07) is 0. The summed E-state index contributed by atoms with van der Waals surface area (Å²) in [4.78, 5) is 21.9. The molecule has 5 nitrogen and oxygen atoms in total. The van der Waals surface area contributed by atoms with Gasteiger partial charge in [0.25, 0.3) is 5.91 Å². The molecule has 0 radical (unpaired) electrons. The molecule has 0 aromatic carbocycles. The van der Waals surface area contributed by atoms with Crippen LogP contribution in [-0.2, 0) is 0 Å². The maximum atomic E-state index is 12.7. The normalized spacial score (nSPS) is 21.7. The summed E-state index contributed by atoms with van der Waals surface area (Å²) in [5, 5.41) is 0.903. The Labute approximate surface area is 123 Å². The zero-order valence-electron chi connectivity index (χ0n) is 12.2. The third-order valence-electron chi connectivity index (χ3n) is 4.36. The molecule has 0 saturated carbocycles. The highest BCUT2D eigenvalue weighted by Gasteiger charge is 2.37. The van der Waals surface area contributed by atoms with Crippen LogP contribution in [0.2, 0.25) is 0 Å². The van der Waals surface area contributed by atoms with Gasteiger partial charge in [-0.1, -0.05) is 11.3 Å². The van der Waals surface area contributed by atoms with Crippen molar-refractivity contribution in [3.05, 3.63) is 4.88 Å². The van der Waals surface area contributed by atoms with Crippen LogP contribution < -0.4 is 10.6 Å². The van der Waals surface area contributed by atoms with Crippen LogP contribution in [0.3, 0.4) is 0 Å². The summed E-state index contributed by atoms with van der Waals surface area (Å²) >= 11 is 1.45. The summed E-state index contributed by atoms with van der Waals surface area (Å²) < 4.78 is 0. The molecule has 3 heterocycles. The van der Waals surface area contributed by atoms with Crippen molar-refractivity contribution in [1.82, 2.24) is 9.88 Å². The topological polar surface area (TPSA) is 62.5 Å². The van der Waals surface area contributed by atoms with Gasteiger partial charge in [-0.25, -0.2) is 4.98 Å². The fourth-order valence-corrected chi connectivity index (χ4v) is 4.11. The fourth-order valence-electron chi connectivity index (χ4n) is 3.12. The number of hydrogen-bond donors (Lipinski definition) is 1. The number of rotatable bonds is 2. The summed E-state index contributed by atoms with van der Waals surface area (Å²) in [6.07, 6.45) is 4.51.